The molecule has 0 aliphatic carbocycles. The molecule has 2 aromatic rings. The molecule has 7 heteroatoms. The van der Waals surface area contributed by atoms with Gasteiger partial charge in [-0.15, -0.1) is 0 Å². The highest BCUT2D eigenvalue weighted by atomic mass is 79.9. The number of nitrogens with one attached hydrogen (secondary N) is 1. The summed E-state index contributed by atoms with van der Waals surface area (Å²) in [5, 5.41) is 18.3. The summed E-state index contributed by atoms with van der Waals surface area (Å²) in [5.74, 6) is 0.315. The Labute approximate surface area is 129 Å². The molecular weight excluding hydrogens is 338 g/mol. The summed E-state index contributed by atoms with van der Waals surface area (Å²) in [7, 11) is 0. The van der Waals surface area contributed by atoms with E-state index >= 15 is 0 Å². The number of hydrogen-bond donors (Lipinski definition) is 2. The number of amidine groups is 1. The number of benzene rings is 2. The van der Waals surface area contributed by atoms with Gasteiger partial charge in [-0.1, -0.05) is 24.3 Å². The molecule has 0 bridgehead atoms. The Bertz CT molecular complexity index is 704. The summed E-state index contributed by atoms with van der Waals surface area (Å²) in [6, 6.07) is 11.4. The molecule has 108 valence electrons. The van der Waals surface area contributed by atoms with E-state index in [0.717, 1.165) is 5.56 Å². The van der Waals surface area contributed by atoms with Crippen LogP contribution in [0.15, 0.2) is 46.9 Å². The van der Waals surface area contributed by atoms with Crippen molar-refractivity contribution >= 4 is 27.5 Å². The van der Waals surface area contributed by atoms with Gasteiger partial charge in [0.05, 0.1) is 15.5 Å². The molecule has 0 heterocycles. The van der Waals surface area contributed by atoms with Crippen LogP contribution in [0.5, 0.6) is 5.75 Å². The average Bonchev–Trinajstić information content (AvgIpc) is 2.46. The first kappa shape index (κ1) is 15.0. The first-order valence-corrected chi connectivity index (χ1v) is 6.77. The van der Waals surface area contributed by atoms with Crippen LogP contribution in [-0.4, -0.2) is 10.8 Å². The number of nitrogens with zero attached hydrogens (tertiary/aromatic N) is 1. The van der Waals surface area contributed by atoms with Gasteiger partial charge in [0, 0.05) is 17.2 Å². The van der Waals surface area contributed by atoms with E-state index in [-0.39, 0.29) is 18.1 Å². The Hall–Kier alpha value is -2.41. The van der Waals surface area contributed by atoms with Crippen LogP contribution in [0.2, 0.25) is 0 Å². The zero-order valence-electron chi connectivity index (χ0n) is 10.9. The monoisotopic (exact) mass is 349 g/mol. The van der Waals surface area contributed by atoms with Crippen molar-refractivity contribution in [2.45, 2.75) is 6.61 Å². The van der Waals surface area contributed by atoms with Crippen LogP contribution in [0.3, 0.4) is 0 Å². The first-order valence-electron chi connectivity index (χ1n) is 5.98. The molecule has 0 atom stereocenters. The highest BCUT2D eigenvalue weighted by Gasteiger charge is 2.12. The predicted molar refractivity (Wildman–Crippen MR) is 82.6 cm³/mol. The first-order chi connectivity index (χ1) is 9.99. The van der Waals surface area contributed by atoms with Crippen LogP contribution in [0.1, 0.15) is 11.1 Å². The minimum Gasteiger partial charge on any atom is -0.487 e. The molecule has 0 amide bonds. The largest absolute Gasteiger partial charge is 0.487 e. The Morgan fingerprint density at radius 1 is 1.33 bits per heavy atom. The summed E-state index contributed by atoms with van der Waals surface area (Å²) in [5.41, 5.74) is 6.78. The standard InChI is InChI=1S/C14H12BrN3O3/c15-12-6-5-10(18(19)20)7-13(12)21-8-9-3-1-2-4-11(9)14(16)17/h1-7H,8H2,(H3,16,17). The molecule has 0 aliphatic heterocycles. The van der Waals surface area contributed by atoms with Crippen molar-refractivity contribution in [3.63, 3.8) is 0 Å². The molecule has 0 aliphatic rings. The third-order valence-electron chi connectivity index (χ3n) is 2.82. The fraction of sp³-hybridized carbons (Fsp3) is 0.0714. The van der Waals surface area contributed by atoms with E-state index in [1.807, 2.05) is 6.07 Å². The van der Waals surface area contributed by atoms with E-state index in [0.29, 0.717) is 15.8 Å². The van der Waals surface area contributed by atoms with Crippen LogP contribution in [0, 0.1) is 15.5 Å². The Morgan fingerprint density at radius 2 is 2.05 bits per heavy atom. The Kier molecular flexibility index (Phi) is 4.54. The van der Waals surface area contributed by atoms with Gasteiger partial charge in [0.25, 0.3) is 5.69 Å². The molecule has 21 heavy (non-hydrogen) atoms. The minimum absolute atomic E-state index is 0.0481. The molecule has 0 fully saturated rings. The molecule has 0 aromatic heterocycles. The smallest absolute Gasteiger partial charge is 0.273 e. The van der Waals surface area contributed by atoms with Gasteiger partial charge in [-0.3, -0.25) is 15.5 Å². The van der Waals surface area contributed by atoms with E-state index in [1.165, 1.54) is 12.1 Å². The number of halogens is 1. The van der Waals surface area contributed by atoms with Crippen LogP contribution < -0.4 is 10.5 Å². The number of nitro benzene ring substituents is 1. The van der Waals surface area contributed by atoms with E-state index in [4.69, 9.17) is 15.9 Å². The van der Waals surface area contributed by atoms with Crippen LogP contribution in [-0.2, 0) is 6.61 Å². The maximum atomic E-state index is 10.8. The summed E-state index contributed by atoms with van der Waals surface area (Å²) >= 11 is 3.29. The molecule has 0 unspecified atom stereocenters. The van der Waals surface area contributed by atoms with Crippen molar-refractivity contribution in [1.29, 1.82) is 5.41 Å². The van der Waals surface area contributed by atoms with Crippen LogP contribution in [0.25, 0.3) is 0 Å². The fourth-order valence-electron chi connectivity index (χ4n) is 1.78. The Balaban J connectivity index is 2.22. The minimum atomic E-state index is -0.483. The van der Waals surface area contributed by atoms with Gasteiger partial charge in [-0.05, 0) is 22.0 Å². The lowest BCUT2D eigenvalue weighted by atomic mass is 10.1. The maximum Gasteiger partial charge on any atom is 0.273 e. The lowest BCUT2D eigenvalue weighted by molar-refractivity contribution is -0.385. The molecule has 0 saturated heterocycles. The van der Waals surface area contributed by atoms with Crippen molar-refractivity contribution in [2.24, 2.45) is 5.73 Å². The van der Waals surface area contributed by atoms with Crippen molar-refractivity contribution in [1.82, 2.24) is 0 Å². The van der Waals surface area contributed by atoms with Gasteiger partial charge in [-0.2, -0.15) is 0 Å². The third-order valence-corrected chi connectivity index (χ3v) is 3.47. The normalized spacial score (nSPS) is 10.1. The predicted octanol–water partition coefficient (Wildman–Crippen LogP) is 3.22. The lowest BCUT2D eigenvalue weighted by Crippen LogP contribution is -2.14. The molecule has 0 radical (unpaired) electrons. The second-order valence-electron chi connectivity index (χ2n) is 4.23. The molecule has 0 saturated carbocycles. The molecule has 0 spiro atoms. The van der Waals surface area contributed by atoms with Gasteiger partial charge >= 0.3 is 0 Å². The number of nitrogens with two attached hydrogens (primary N) is 1. The van der Waals surface area contributed by atoms with Crippen molar-refractivity contribution in [2.75, 3.05) is 0 Å². The number of non-ortho nitro benzene ring substituents is 1. The number of hydrogen-bond acceptors (Lipinski definition) is 4. The summed E-state index contributed by atoms with van der Waals surface area (Å²) in [6.07, 6.45) is 0. The SMILES string of the molecule is N=C(N)c1ccccc1COc1cc([N+](=O)[O-])ccc1Br. The zero-order valence-corrected chi connectivity index (χ0v) is 12.5. The molecule has 6 nitrogen and oxygen atoms in total. The lowest BCUT2D eigenvalue weighted by Gasteiger charge is -2.11. The third kappa shape index (κ3) is 3.57. The van der Waals surface area contributed by atoms with Gasteiger partial charge < -0.3 is 10.5 Å². The van der Waals surface area contributed by atoms with E-state index < -0.39 is 4.92 Å². The summed E-state index contributed by atoms with van der Waals surface area (Å²) < 4.78 is 6.22. The topological polar surface area (TPSA) is 102 Å². The number of rotatable bonds is 5. The van der Waals surface area contributed by atoms with Gasteiger partial charge in [0.15, 0.2) is 0 Å². The summed E-state index contributed by atoms with van der Waals surface area (Å²) in [4.78, 5) is 10.3. The van der Waals surface area contributed by atoms with Crippen molar-refractivity contribution < 1.29 is 9.66 Å². The maximum absolute atomic E-state index is 10.8. The highest BCUT2D eigenvalue weighted by molar-refractivity contribution is 9.10. The van der Waals surface area contributed by atoms with Crippen LogP contribution >= 0.6 is 15.9 Å². The second kappa shape index (κ2) is 6.36. The molecule has 2 aromatic carbocycles. The quantitative estimate of drug-likeness (QED) is 0.374. The van der Waals surface area contributed by atoms with Gasteiger partial charge in [-0.25, -0.2) is 0 Å². The molecule has 3 N–H and O–H groups in total. The van der Waals surface area contributed by atoms with Crippen LogP contribution in [0.4, 0.5) is 5.69 Å². The zero-order chi connectivity index (χ0) is 15.4. The number of nitro groups is 1. The summed E-state index contributed by atoms with van der Waals surface area (Å²) in [6.45, 7) is 0.162. The average molecular weight is 350 g/mol. The molecule has 2 rings (SSSR count). The molecular formula is C14H12BrN3O3. The highest BCUT2D eigenvalue weighted by Crippen LogP contribution is 2.30. The number of nitrogen functional groups attached to an aromatic ring is 1. The Morgan fingerprint density at radius 3 is 2.71 bits per heavy atom. The fourth-order valence-corrected chi connectivity index (χ4v) is 2.14. The van der Waals surface area contributed by atoms with Gasteiger partial charge in [0.1, 0.15) is 18.2 Å². The second-order valence-corrected chi connectivity index (χ2v) is 5.09. The van der Waals surface area contributed by atoms with E-state index in [9.17, 15) is 10.1 Å². The number of ether oxygens (including phenoxy) is 1. The van der Waals surface area contributed by atoms with Crippen molar-refractivity contribution in [3.05, 3.63) is 68.2 Å². The van der Waals surface area contributed by atoms with E-state index in [1.54, 1.807) is 24.3 Å². The van der Waals surface area contributed by atoms with Crippen molar-refractivity contribution in [3.8, 4) is 5.75 Å². The van der Waals surface area contributed by atoms with Gasteiger partial charge in [0.2, 0.25) is 0 Å². The van der Waals surface area contributed by atoms with E-state index in [2.05, 4.69) is 15.9 Å².